The van der Waals surface area contributed by atoms with E-state index >= 15 is 0 Å². The van der Waals surface area contributed by atoms with E-state index in [4.69, 9.17) is 28.4 Å². The highest BCUT2D eigenvalue weighted by Gasteiger charge is 2.42. The third-order valence-electron chi connectivity index (χ3n) is 11.2. The van der Waals surface area contributed by atoms with Crippen LogP contribution in [0.5, 0.6) is 0 Å². The van der Waals surface area contributed by atoms with Gasteiger partial charge in [0.05, 0.1) is 39.6 Å². The maximum absolute atomic E-state index is 13.5. The van der Waals surface area contributed by atoms with Gasteiger partial charge in [-0.15, -0.1) is 0 Å². The van der Waals surface area contributed by atoms with E-state index in [2.05, 4.69) is 16.0 Å². The fourth-order valence-electron chi connectivity index (χ4n) is 6.77. The first-order chi connectivity index (χ1) is 27.5. The van der Waals surface area contributed by atoms with E-state index in [1.807, 2.05) is 20.8 Å². The van der Waals surface area contributed by atoms with Crippen molar-refractivity contribution in [3.8, 4) is 0 Å². The number of nitrogens with one attached hydrogen (secondary N) is 3. The van der Waals surface area contributed by atoms with E-state index in [1.54, 1.807) is 0 Å². The average Bonchev–Trinajstić information content (AvgIpc) is 3.15. The van der Waals surface area contributed by atoms with Crippen molar-refractivity contribution >= 4 is 18.3 Å². The molecule has 0 bridgehead atoms. The van der Waals surface area contributed by atoms with Crippen molar-refractivity contribution in [3.63, 3.8) is 0 Å². The Kier molecular flexibility index (Phi) is 18.4. The molecule has 4 rings (SSSR count). The monoisotopic (exact) mass is 810 g/mol. The Morgan fingerprint density at radius 1 is 0.456 bits per heavy atom. The van der Waals surface area contributed by atoms with Gasteiger partial charge < -0.3 is 44.4 Å². The fraction of sp³-hybridized carbons (Fsp3) is 0.846. The summed E-state index contributed by atoms with van der Waals surface area (Å²) in [6.07, 6.45) is 8.94. The van der Waals surface area contributed by atoms with Gasteiger partial charge in [-0.05, 0) is 57.8 Å². The number of unbranched alkanes of at least 4 members (excludes halogenated alkanes) is 9. The second kappa shape index (κ2) is 22.9. The van der Waals surface area contributed by atoms with Crippen LogP contribution in [-0.2, 0) is 48.1 Å². The lowest BCUT2D eigenvalue weighted by atomic mass is 9.99. The summed E-state index contributed by atoms with van der Waals surface area (Å²) in [5.74, 6) is 0. The third-order valence-corrected chi connectivity index (χ3v) is 11.2. The molecule has 3 aliphatic rings. The van der Waals surface area contributed by atoms with Crippen molar-refractivity contribution in [3.05, 3.63) is 31.5 Å². The molecule has 3 aliphatic heterocycles. The molecule has 0 spiro atoms. The molecule has 0 aromatic carbocycles. The second-order valence-corrected chi connectivity index (χ2v) is 15.6. The lowest BCUT2D eigenvalue weighted by molar-refractivity contribution is -0.179. The number of hydrogen-bond acceptors (Lipinski definition) is 12. The van der Waals surface area contributed by atoms with E-state index in [0.717, 1.165) is 38.5 Å². The molecule has 57 heavy (non-hydrogen) atoms. The number of aromatic nitrogens is 3. The summed E-state index contributed by atoms with van der Waals surface area (Å²) >= 11 is 0. The van der Waals surface area contributed by atoms with E-state index < -0.39 is 52.2 Å². The molecule has 18 heteroatoms. The maximum atomic E-state index is 13.5. The molecule has 18 nitrogen and oxygen atoms in total. The lowest BCUT2D eigenvalue weighted by Crippen LogP contribution is -2.54. The Morgan fingerprint density at radius 2 is 0.702 bits per heavy atom. The van der Waals surface area contributed by atoms with Crippen molar-refractivity contribution in [1.29, 1.82) is 0 Å². The highest BCUT2D eigenvalue weighted by Crippen LogP contribution is 2.27. The first-order valence-corrected chi connectivity index (χ1v) is 21.1. The van der Waals surface area contributed by atoms with Gasteiger partial charge in [-0.3, -0.25) is 0 Å². The molecule has 3 saturated heterocycles. The van der Waals surface area contributed by atoms with E-state index in [0.29, 0.717) is 117 Å². The highest BCUT2D eigenvalue weighted by molar-refractivity contribution is 5.68. The van der Waals surface area contributed by atoms with Gasteiger partial charge in [0.2, 0.25) is 0 Å². The number of carbonyl (C=O) groups excluding carboxylic acids is 3. The predicted octanol–water partition coefficient (Wildman–Crippen LogP) is 3.57. The Bertz CT molecular complexity index is 1380. The molecule has 0 unspecified atom stereocenters. The van der Waals surface area contributed by atoms with E-state index in [-0.39, 0.29) is 19.6 Å². The minimum Gasteiger partial charge on any atom is -0.438 e. The first kappa shape index (κ1) is 45.8. The van der Waals surface area contributed by atoms with Gasteiger partial charge in [-0.1, -0.05) is 59.3 Å². The number of amides is 3. The van der Waals surface area contributed by atoms with Crippen LogP contribution in [0.3, 0.4) is 0 Å². The average molecular weight is 811 g/mol. The van der Waals surface area contributed by atoms with Gasteiger partial charge in [0, 0.05) is 39.3 Å². The number of ether oxygens (including phenoxy) is 6. The highest BCUT2D eigenvalue weighted by atomic mass is 16.6. The standard InChI is InChI=1S/C39H66N6O12/c1-4-37(25-52-26-37)55-31(46)40-19-13-7-10-16-22-43-34(49)44(23-17-11-8-14-20-41-32(47)56-38(5-2)27-53-28-38)36(51)45(35(43)50)24-18-12-9-15-21-42-33(48)57-39(6-3)29-54-30-39/h4-30H2,1-3H3,(H,40,46)(H,41,47)(H,42,48). The normalized spacial score (nSPS) is 17.3. The van der Waals surface area contributed by atoms with Crippen LogP contribution in [0.25, 0.3) is 0 Å². The molecule has 1 aromatic heterocycles. The van der Waals surface area contributed by atoms with Crippen molar-refractivity contribution < 1.29 is 42.8 Å². The van der Waals surface area contributed by atoms with Gasteiger partial charge in [0.1, 0.15) is 0 Å². The molecule has 3 amide bonds. The molecular formula is C39H66N6O12. The van der Waals surface area contributed by atoms with E-state index in [9.17, 15) is 28.8 Å². The summed E-state index contributed by atoms with van der Waals surface area (Å²) in [4.78, 5) is 77.1. The van der Waals surface area contributed by atoms with Gasteiger partial charge in [0.15, 0.2) is 16.8 Å². The summed E-state index contributed by atoms with van der Waals surface area (Å²) in [6.45, 7) is 10.2. The number of carbonyl (C=O) groups is 3. The van der Waals surface area contributed by atoms with Crippen LogP contribution < -0.4 is 33.0 Å². The fourth-order valence-corrected chi connectivity index (χ4v) is 6.77. The minimum atomic E-state index is -0.610. The Hall–Kier alpha value is -3.90. The summed E-state index contributed by atoms with van der Waals surface area (Å²) in [5, 5.41) is 8.34. The Morgan fingerprint density at radius 3 is 0.912 bits per heavy atom. The predicted molar refractivity (Wildman–Crippen MR) is 210 cm³/mol. The van der Waals surface area contributed by atoms with Crippen LogP contribution >= 0.6 is 0 Å². The third kappa shape index (κ3) is 13.6. The zero-order valence-electron chi connectivity index (χ0n) is 34.3. The van der Waals surface area contributed by atoms with Crippen LogP contribution in [-0.4, -0.2) is 108 Å². The molecule has 3 fully saturated rings. The number of nitrogens with zero attached hydrogens (tertiary/aromatic N) is 3. The first-order valence-electron chi connectivity index (χ1n) is 21.1. The van der Waals surface area contributed by atoms with Crippen LogP contribution in [0.4, 0.5) is 14.4 Å². The summed E-state index contributed by atoms with van der Waals surface area (Å²) in [7, 11) is 0. The zero-order valence-corrected chi connectivity index (χ0v) is 34.3. The molecule has 0 saturated carbocycles. The topological polar surface area (TPSA) is 209 Å². The minimum absolute atomic E-state index is 0.173. The Balaban J connectivity index is 1.22. The van der Waals surface area contributed by atoms with Gasteiger partial charge >= 0.3 is 35.3 Å². The molecule has 0 aliphatic carbocycles. The molecule has 0 atom stereocenters. The molecule has 324 valence electrons. The van der Waals surface area contributed by atoms with Crippen LogP contribution in [0.2, 0.25) is 0 Å². The zero-order chi connectivity index (χ0) is 41.2. The Labute approximate surface area is 334 Å². The molecular weight excluding hydrogens is 744 g/mol. The van der Waals surface area contributed by atoms with Gasteiger partial charge in [-0.25, -0.2) is 42.5 Å². The van der Waals surface area contributed by atoms with Crippen LogP contribution in [0, 0.1) is 0 Å². The largest absolute Gasteiger partial charge is 0.438 e. The van der Waals surface area contributed by atoms with E-state index in [1.165, 1.54) is 13.7 Å². The van der Waals surface area contributed by atoms with Crippen LogP contribution in [0.1, 0.15) is 117 Å². The summed E-state index contributed by atoms with van der Waals surface area (Å²) in [6, 6.07) is 0. The molecule has 1 aromatic rings. The number of hydrogen-bond donors (Lipinski definition) is 3. The summed E-state index contributed by atoms with van der Waals surface area (Å²) < 4.78 is 35.6. The second-order valence-electron chi connectivity index (χ2n) is 15.6. The molecule has 3 N–H and O–H groups in total. The van der Waals surface area contributed by atoms with Gasteiger partial charge in [0.25, 0.3) is 0 Å². The van der Waals surface area contributed by atoms with Crippen molar-refractivity contribution in [1.82, 2.24) is 29.7 Å². The molecule has 0 radical (unpaired) electrons. The van der Waals surface area contributed by atoms with Crippen molar-refractivity contribution in [2.24, 2.45) is 0 Å². The van der Waals surface area contributed by atoms with Gasteiger partial charge in [-0.2, -0.15) is 0 Å². The lowest BCUT2D eigenvalue weighted by Gasteiger charge is -2.39. The quantitative estimate of drug-likeness (QED) is 0.0861. The number of alkyl carbamates (subject to hydrolysis) is 3. The summed E-state index contributed by atoms with van der Waals surface area (Å²) in [5.41, 5.74) is -3.42. The van der Waals surface area contributed by atoms with Crippen molar-refractivity contribution in [2.75, 3.05) is 59.3 Å². The molecule has 4 heterocycles. The van der Waals surface area contributed by atoms with Crippen LogP contribution in [0.15, 0.2) is 14.4 Å². The SMILES string of the molecule is CCC1(OC(=O)NCCCCCCn2c(=O)n(CCCCCCNC(=O)OC3(CC)COC3)c(=O)n(CCCCCCNC(=O)OC3(CC)COC3)c2=O)COC1. The van der Waals surface area contributed by atoms with Crippen molar-refractivity contribution in [2.45, 2.75) is 154 Å². The smallest absolute Gasteiger partial charge is 0.407 e. The number of rotatable bonds is 27. The maximum Gasteiger partial charge on any atom is 0.407 e.